The fourth-order valence-corrected chi connectivity index (χ4v) is 0.943. The van der Waals surface area contributed by atoms with Crippen LogP contribution in [0.15, 0.2) is 12.1 Å². The van der Waals surface area contributed by atoms with Crippen molar-refractivity contribution in [2.75, 3.05) is 0 Å². The molecule has 0 saturated carbocycles. The van der Waals surface area contributed by atoms with Crippen molar-refractivity contribution in [3.63, 3.8) is 0 Å². The van der Waals surface area contributed by atoms with E-state index in [4.69, 9.17) is 10.8 Å². The molecule has 1 rings (SSSR count). The summed E-state index contributed by atoms with van der Waals surface area (Å²) >= 11 is 0. The second kappa shape index (κ2) is 6.11. The summed E-state index contributed by atoms with van der Waals surface area (Å²) in [6.07, 6.45) is 0. The molecular formula is C11H20N4. The van der Waals surface area contributed by atoms with Crippen LogP contribution in [0, 0.1) is 23.7 Å². The van der Waals surface area contributed by atoms with Gasteiger partial charge < -0.3 is 0 Å². The highest BCUT2D eigenvalue weighted by Crippen LogP contribution is 1.95. The van der Waals surface area contributed by atoms with E-state index in [-0.39, 0.29) is 11.4 Å². The molecule has 0 radical (unpaired) electrons. The summed E-state index contributed by atoms with van der Waals surface area (Å²) in [7, 11) is 0. The second-order valence-corrected chi connectivity index (χ2v) is 3.31. The fraction of sp³-hybridized carbons (Fsp3) is 0.545. The molecular weight excluding hydrogens is 188 g/mol. The van der Waals surface area contributed by atoms with Crippen molar-refractivity contribution in [1.29, 1.82) is 10.8 Å². The maximum absolute atomic E-state index is 7.70. The van der Waals surface area contributed by atoms with Gasteiger partial charge in [-0.2, -0.15) is 5.10 Å². The Bertz CT molecular complexity index is 376. The predicted octanol–water partition coefficient (Wildman–Crippen LogP) is 2.18. The SMILES string of the molecule is CC.Cc1ccc(=N)n(C(=N)C(C)C)n1. The van der Waals surface area contributed by atoms with Gasteiger partial charge >= 0.3 is 0 Å². The molecule has 0 bridgehead atoms. The van der Waals surface area contributed by atoms with Crippen molar-refractivity contribution in [1.82, 2.24) is 9.78 Å². The molecule has 0 saturated heterocycles. The van der Waals surface area contributed by atoms with E-state index in [0.717, 1.165) is 5.69 Å². The van der Waals surface area contributed by atoms with Crippen LogP contribution >= 0.6 is 0 Å². The molecule has 0 aliphatic carbocycles. The Morgan fingerprint density at radius 2 is 1.87 bits per heavy atom. The zero-order valence-corrected chi connectivity index (χ0v) is 10.1. The van der Waals surface area contributed by atoms with Crippen LogP contribution in [0.5, 0.6) is 0 Å². The molecule has 4 heteroatoms. The molecule has 0 aromatic carbocycles. The largest absolute Gasteiger partial charge is 0.286 e. The first-order chi connectivity index (χ1) is 7.02. The number of aryl methyl sites for hydroxylation is 1. The lowest BCUT2D eigenvalue weighted by atomic mass is 10.2. The van der Waals surface area contributed by atoms with Crippen molar-refractivity contribution < 1.29 is 0 Å². The lowest BCUT2D eigenvalue weighted by Crippen LogP contribution is -2.32. The van der Waals surface area contributed by atoms with Crippen LogP contribution in [0.25, 0.3) is 0 Å². The Morgan fingerprint density at radius 3 is 2.33 bits per heavy atom. The van der Waals surface area contributed by atoms with E-state index in [1.807, 2.05) is 34.6 Å². The number of nitrogens with zero attached hydrogens (tertiary/aromatic N) is 2. The van der Waals surface area contributed by atoms with Gasteiger partial charge in [-0.1, -0.05) is 27.7 Å². The molecule has 1 heterocycles. The van der Waals surface area contributed by atoms with E-state index < -0.39 is 0 Å². The summed E-state index contributed by atoms with van der Waals surface area (Å²) in [6, 6.07) is 3.42. The zero-order valence-electron chi connectivity index (χ0n) is 10.1. The zero-order chi connectivity index (χ0) is 12.0. The predicted molar refractivity (Wildman–Crippen MR) is 62.1 cm³/mol. The van der Waals surface area contributed by atoms with Crippen molar-refractivity contribution in [2.24, 2.45) is 5.92 Å². The Kier molecular flexibility index (Phi) is 5.52. The van der Waals surface area contributed by atoms with E-state index in [1.54, 1.807) is 12.1 Å². The summed E-state index contributed by atoms with van der Waals surface area (Å²) in [5, 5.41) is 19.4. The van der Waals surface area contributed by atoms with Gasteiger partial charge in [0.25, 0.3) is 0 Å². The number of aromatic nitrogens is 2. The molecule has 0 unspecified atom stereocenters. The summed E-state index contributed by atoms with van der Waals surface area (Å²) in [5.41, 5.74) is 1.07. The fourth-order valence-electron chi connectivity index (χ4n) is 0.943. The van der Waals surface area contributed by atoms with Gasteiger partial charge in [0, 0.05) is 5.92 Å². The van der Waals surface area contributed by atoms with Crippen LogP contribution in [0.2, 0.25) is 0 Å². The lowest BCUT2D eigenvalue weighted by molar-refractivity contribution is 0.719. The third-order valence-electron chi connectivity index (χ3n) is 1.74. The first-order valence-corrected chi connectivity index (χ1v) is 5.22. The molecule has 2 N–H and O–H groups in total. The van der Waals surface area contributed by atoms with E-state index in [9.17, 15) is 0 Å². The highest BCUT2D eigenvalue weighted by molar-refractivity contribution is 5.82. The van der Waals surface area contributed by atoms with Gasteiger partial charge in [-0.3, -0.25) is 10.8 Å². The second-order valence-electron chi connectivity index (χ2n) is 3.31. The first kappa shape index (κ1) is 13.5. The van der Waals surface area contributed by atoms with Crippen molar-refractivity contribution in [3.8, 4) is 0 Å². The number of hydrogen-bond donors (Lipinski definition) is 2. The minimum Gasteiger partial charge on any atom is -0.286 e. The van der Waals surface area contributed by atoms with Crippen LogP contribution in [-0.2, 0) is 0 Å². The molecule has 15 heavy (non-hydrogen) atoms. The topological polar surface area (TPSA) is 65.5 Å². The molecule has 1 aromatic rings. The van der Waals surface area contributed by atoms with Gasteiger partial charge in [0.2, 0.25) is 0 Å². The number of rotatable bonds is 1. The third-order valence-corrected chi connectivity index (χ3v) is 1.74. The van der Waals surface area contributed by atoms with Gasteiger partial charge in [-0.05, 0) is 19.1 Å². The summed E-state index contributed by atoms with van der Waals surface area (Å²) in [5.74, 6) is 0.442. The molecule has 1 aromatic heterocycles. The monoisotopic (exact) mass is 208 g/mol. The smallest absolute Gasteiger partial charge is 0.148 e. The Morgan fingerprint density at radius 1 is 1.33 bits per heavy atom. The molecule has 0 aliphatic rings. The molecule has 0 atom stereocenters. The van der Waals surface area contributed by atoms with E-state index in [1.165, 1.54) is 4.68 Å². The standard InChI is InChI=1S/C9H14N4.C2H6/c1-6(2)9(11)13-8(10)5-4-7(3)12-13;1-2/h4-6,10-11H,1-3H3;1-2H3. The van der Waals surface area contributed by atoms with Gasteiger partial charge in [0.1, 0.15) is 11.3 Å². The Labute approximate surface area is 91.0 Å². The maximum atomic E-state index is 7.70. The van der Waals surface area contributed by atoms with Gasteiger partial charge in [-0.15, -0.1) is 0 Å². The van der Waals surface area contributed by atoms with Crippen LogP contribution in [0.1, 0.15) is 33.4 Å². The lowest BCUT2D eigenvalue weighted by Gasteiger charge is -2.10. The van der Waals surface area contributed by atoms with Gasteiger partial charge in [0.15, 0.2) is 0 Å². The Hall–Kier alpha value is -1.45. The molecule has 4 nitrogen and oxygen atoms in total. The highest BCUT2D eigenvalue weighted by atomic mass is 15.3. The summed E-state index contributed by atoms with van der Waals surface area (Å²) in [4.78, 5) is 0. The first-order valence-electron chi connectivity index (χ1n) is 5.22. The normalized spacial score (nSPS) is 9.47. The summed E-state index contributed by atoms with van der Waals surface area (Å²) in [6.45, 7) is 9.68. The third kappa shape index (κ3) is 3.65. The number of hydrogen-bond acceptors (Lipinski definition) is 3. The van der Waals surface area contributed by atoms with Crippen molar-refractivity contribution in [3.05, 3.63) is 23.3 Å². The molecule has 0 aliphatic heterocycles. The number of nitrogens with one attached hydrogen (secondary N) is 2. The van der Waals surface area contributed by atoms with Crippen LogP contribution in [-0.4, -0.2) is 15.6 Å². The van der Waals surface area contributed by atoms with Crippen molar-refractivity contribution >= 4 is 5.84 Å². The minimum absolute atomic E-state index is 0.0865. The van der Waals surface area contributed by atoms with Gasteiger partial charge in [0.05, 0.1) is 5.69 Å². The molecule has 0 spiro atoms. The van der Waals surface area contributed by atoms with Crippen molar-refractivity contribution in [2.45, 2.75) is 34.6 Å². The average molecular weight is 208 g/mol. The maximum Gasteiger partial charge on any atom is 0.148 e. The minimum atomic E-state index is 0.0865. The quantitative estimate of drug-likeness (QED) is 0.539. The summed E-state index contributed by atoms with van der Waals surface area (Å²) < 4.78 is 1.36. The Balaban J connectivity index is 0.000000921. The average Bonchev–Trinajstić information content (AvgIpc) is 2.23. The van der Waals surface area contributed by atoms with Gasteiger partial charge in [-0.25, -0.2) is 4.68 Å². The highest BCUT2D eigenvalue weighted by Gasteiger charge is 2.06. The van der Waals surface area contributed by atoms with E-state index in [2.05, 4.69) is 5.10 Å². The van der Waals surface area contributed by atoms with Crippen LogP contribution < -0.4 is 5.49 Å². The van der Waals surface area contributed by atoms with E-state index in [0.29, 0.717) is 5.84 Å². The molecule has 0 amide bonds. The molecule has 84 valence electrons. The van der Waals surface area contributed by atoms with E-state index >= 15 is 0 Å². The molecule has 0 fully saturated rings. The van der Waals surface area contributed by atoms with Crippen LogP contribution in [0.4, 0.5) is 0 Å². The van der Waals surface area contributed by atoms with Crippen LogP contribution in [0.3, 0.4) is 0 Å².